The number of carboxylic acids is 1. The highest BCUT2D eigenvalue weighted by molar-refractivity contribution is 5.81. The van der Waals surface area contributed by atoms with Crippen molar-refractivity contribution in [3.05, 3.63) is 0 Å². The van der Waals surface area contributed by atoms with Crippen molar-refractivity contribution in [1.82, 2.24) is 10.2 Å². The summed E-state index contributed by atoms with van der Waals surface area (Å²) in [4.78, 5) is 35.9. The van der Waals surface area contributed by atoms with E-state index < -0.39 is 17.4 Å². The Morgan fingerprint density at radius 3 is 2.71 bits per heavy atom. The summed E-state index contributed by atoms with van der Waals surface area (Å²) in [6, 6.07) is -0.558. The van der Waals surface area contributed by atoms with Gasteiger partial charge in [-0.2, -0.15) is 0 Å². The maximum atomic E-state index is 12.2. The van der Waals surface area contributed by atoms with E-state index in [1.54, 1.807) is 4.90 Å². The lowest BCUT2D eigenvalue weighted by Crippen LogP contribution is -2.37. The van der Waals surface area contributed by atoms with E-state index in [2.05, 4.69) is 5.32 Å². The first-order valence-electron chi connectivity index (χ1n) is 7.50. The summed E-state index contributed by atoms with van der Waals surface area (Å²) in [5, 5.41) is 12.0. The smallest absolute Gasteiger partial charge is 0.312 e. The second-order valence-electron chi connectivity index (χ2n) is 6.07. The van der Waals surface area contributed by atoms with Crippen LogP contribution >= 0.6 is 0 Å². The van der Waals surface area contributed by atoms with Gasteiger partial charge < -0.3 is 21.1 Å². The predicted molar refractivity (Wildman–Crippen MR) is 75.4 cm³/mol. The summed E-state index contributed by atoms with van der Waals surface area (Å²) in [6.45, 7) is 1.39. The van der Waals surface area contributed by atoms with E-state index in [0.29, 0.717) is 45.3 Å². The van der Waals surface area contributed by atoms with Gasteiger partial charge in [-0.05, 0) is 31.6 Å². The second kappa shape index (κ2) is 6.32. The van der Waals surface area contributed by atoms with Crippen LogP contribution in [0, 0.1) is 11.3 Å². The zero-order valence-corrected chi connectivity index (χ0v) is 12.1. The molecule has 7 nitrogen and oxygen atoms in total. The average Bonchev–Trinajstić information content (AvgIpc) is 2.95. The Kier molecular flexibility index (Phi) is 4.69. The molecule has 1 aliphatic heterocycles. The molecule has 3 amide bonds. The number of unbranched alkanes of at least 4 members (excludes halogenated alkanes) is 1. The third-order valence-corrected chi connectivity index (χ3v) is 4.77. The third-order valence-electron chi connectivity index (χ3n) is 4.77. The molecule has 0 bridgehead atoms. The summed E-state index contributed by atoms with van der Waals surface area (Å²) in [5.74, 6) is -0.634. The van der Waals surface area contributed by atoms with Gasteiger partial charge in [-0.25, -0.2) is 4.79 Å². The van der Waals surface area contributed by atoms with Crippen molar-refractivity contribution in [1.29, 1.82) is 0 Å². The van der Waals surface area contributed by atoms with Gasteiger partial charge >= 0.3 is 12.0 Å². The minimum atomic E-state index is -0.758. The highest BCUT2D eigenvalue weighted by Crippen LogP contribution is 2.48. The first-order chi connectivity index (χ1) is 9.95. The molecule has 0 radical (unpaired) electrons. The van der Waals surface area contributed by atoms with Crippen LogP contribution in [0.5, 0.6) is 0 Å². The minimum Gasteiger partial charge on any atom is -0.481 e. The third kappa shape index (κ3) is 3.28. The van der Waals surface area contributed by atoms with Gasteiger partial charge in [0.1, 0.15) is 0 Å². The topological polar surface area (TPSA) is 113 Å². The number of hydrogen-bond donors (Lipinski definition) is 3. The Labute approximate surface area is 123 Å². The molecular weight excluding hydrogens is 274 g/mol. The molecule has 21 heavy (non-hydrogen) atoms. The van der Waals surface area contributed by atoms with Crippen LogP contribution in [0.2, 0.25) is 0 Å². The summed E-state index contributed by atoms with van der Waals surface area (Å²) in [5.41, 5.74) is 4.24. The summed E-state index contributed by atoms with van der Waals surface area (Å²) in [6.07, 6.45) is 4.27. The number of carbonyl (C=O) groups excluding carboxylic acids is 2. The van der Waals surface area contributed by atoms with Crippen LogP contribution in [0.3, 0.4) is 0 Å². The molecule has 2 fully saturated rings. The highest BCUT2D eigenvalue weighted by Gasteiger charge is 2.55. The van der Waals surface area contributed by atoms with Crippen molar-refractivity contribution >= 4 is 17.9 Å². The Morgan fingerprint density at radius 1 is 1.33 bits per heavy atom. The summed E-state index contributed by atoms with van der Waals surface area (Å²) < 4.78 is 0. The second-order valence-corrected chi connectivity index (χ2v) is 6.07. The maximum Gasteiger partial charge on any atom is 0.312 e. The van der Waals surface area contributed by atoms with E-state index in [1.807, 2.05) is 0 Å². The predicted octanol–water partition coefficient (Wildman–Crippen LogP) is 0.538. The monoisotopic (exact) mass is 297 g/mol. The van der Waals surface area contributed by atoms with Gasteiger partial charge in [0.15, 0.2) is 0 Å². The number of rotatable bonds is 6. The number of aliphatic carboxylic acids is 1. The Bertz CT molecular complexity index is 440. The fourth-order valence-electron chi connectivity index (χ4n) is 3.60. The number of carbonyl (C=O) groups is 3. The van der Waals surface area contributed by atoms with Crippen LogP contribution in [0.4, 0.5) is 4.79 Å². The van der Waals surface area contributed by atoms with Gasteiger partial charge in [0.2, 0.25) is 5.91 Å². The number of likely N-dealkylation sites (tertiary alicyclic amines) is 1. The van der Waals surface area contributed by atoms with Gasteiger partial charge in [0.25, 0.3) is 0 Å². The molecule has 7 heteroatoms. The number of carboxylic acid groups (broad SMARTS) is 1. The molecule has 2 aliphatic rings. The van der Waals surface area contributed by atoms with E-state index in [0.717, 1.165) is 12.8 Å². The first kappa shape index (κ1) is 15.6. The van der Waals surface area contributed by atoms with Crippen molar-refractivity contribution in [3.63, 3.8) is 0 Å². The van der Waals surface area contributed by atoms with Gasteiger partial charge in [-0.1, -0.05) is 6.42 Å². The molecule has 118 valence electrons. The van der Waals surface area contributed by atoms with E-state index >= 15 is 0 Å². The Morgan fingerprint density at radius 2 is 2.10 bits per heavy atom. The molecule has 0 aromatic carbocycles. The lowest BCUT2D eigenvalue weighted by atomic mass is 9.81. The van der Waals surface area contributed by atoms with E-state index in [9.17, 15) is 19.5 Å². The van der Waals surface area contributed by atoms with Gasteiger partial charge in [0.05, 0.1) is 5.41 Å². The number of urea groups is 1. The number of amides is 3. The lowest BCUT2D eigenvalue weighted by Gasteiger charge is -2.23. The van der Waals surface area contributed by atoms with Crippen molar-refractivity contribution in [2.45, 2.75) is 38.5 Å². The lowest BCUT2D eigenvalue weighted by molar-refractivity contribution is -0.149. The van der Waals surface area contributed by atoms with Crippen LogP contribution < -0.4 is 11.1 Å². The van der Waals surface area contributed by atoms with Crippen molar-refractivity contribution in [2.75, 3.05) is 19.6 Å². The van der Waals surface area contributed by atoms with Gasteiger partial charge in [-0.15, -0.1) is 0 Å². The van der Waals surface area contributed by atoms with Crippen LogP contribution in [0.15, 0.2) is 0 Å². The average molecular weight is 297 g/mol. The molecule has 4 N–H and O–H groups in total. The molecule has 1 aliphatic carbocycles. The standard InChI is InChI=1S/C14H23N3O4/c15-13(21)16-7-2-1-5-11(18)17-8-10-4-3-6-14(10,9-17)12(19)20/h10H,1-9H2,(H,19,20)(H3,15,16,21)/t10-,14+/m0/s1. The molecule has 2 rings (SSSR count). The normalized spacial score (nSPS) is 27.4. The molecule has 0 aromatic heterocycles. The fraction of sp³-hybridized carbons (Fsp3) is 0.786. The Balaban J connectivity index is 1.77. The number of nitrogens with two attached hydrogens (primary N) is 1. The summed E-state index contributed by atoms with van der Waals surface area (Å²) in [7, 11) is 0. The zero-order chi connectivity index (χ0) is 15.5. The van der Waals surface area contributed by atoms with E-state index in [-0.39, 0.29) is 11.8 Å². The number of nitrogens with zero attached hydrogens (tertiary/aromatic N) is 1. The summed E-state index contributed by atoms with van der Waals surface area (Å²) >= 11 is 0. The highest BCUT2D eigenvalue weighted by atomic mass is 16.4. The number of primary amides is 1. The molecule has 0 aromatic rings. The van der Waals surface area contributed by atoms with E-state index in [1.165, 1.54) is 0 Å². The molecule has 0 unspecified atom stereocenters. The quantitative estimate of drug-likeness (QED) is 0.621. The Hall–Kier alpha value is -1.79. The first-order valence-corrected chi connectivity index (χ1v) is 7.50. The molecular formula is C14H23N3O4. The van der Waals surface area contributed by atoms with Crippen LogP contribution in [-0.4, -0.2) is 47.5 Å². The molecule has 1 saturated carbocycles. The number of hydrogen-bond acceptors (Lipinski definition) is 3. The maximum absolute atomic E-state index is 12.2. The van der Waals surface area contributed by atoms with Crippen molar-refractivity contribution in [2.24, 2.45) is 17.1 Å². The molecule has 1 saturated heterocycles. The van der Waals surface area contributed by atoms with Crippen molar-refractivity contribution < 1.29 is 19.5 Å². The van der Waals surface area contributed by atoms with Crippen LogP contribution in [-0.2, 0) is 9.59 Å². The molecule has 0 spiro atoms. The zero-order valence-electron chi connectivity index (χ0n) is 12.1. The number of fused-ring (bicyclic) bond motifs is 1. The SMILES string of the molecule is NC(=O)NCCCCC(=O)N1C[C@@H]2CCC[C@@]2(C(=O)O)C1. The molecule has 2 atom stereocenters. The number of nitrogens with one attached hydrogen (secondary N) is 1. The minimum absolute atomic E-state index is 0.0177. The van der Waals surface area contributed by atoms with Gasteiger partial charge in [-0.3, -0.25) is 9.59 Å². The largest absolute Gasteiger partial charge is 0.481 e. The van der Waals surface area contributed by atoms with Crippen LogP contribution in [0.1, 0.15) is 38.5 Å². The van der Waals surface area contributed by atoms with E-state index in [4.69, 9.17) is 5.73 Å². The van der Waals surface area contributed by atoms with Crippen LogP contribution in [0.25, 0.3) is 0 Å². The van der Waals surface area contributed by atoms with Gasteiger partial charge in [0, 0.05) is 26.1 Å². The molecule has 1 heterocycles. The van der Waals surface area contributed by atoms with Crippen molar-refractivity contribution in [3.8, 4) is 0 Å². The fourth-order valence-corrected chi connectivity index (χ4v) is 3.60.